The van der Waals surface area contributed by atoms with Crippen molar-refractivity contribution in [2.45, 2.75) is 69.9 Å². The van der Waals surface area contributed by atoms with Crippen LogP contribution in [-0.2, 0) is 20.9 Å². The number of halogens is 1. The van der Waals surface area contributed by atoms with Crippen molar-refractivity contribution in [2.24, 2.45) is 0 Å². The van der Waals surface area contributed by atoms with E-state index in [4.69, 9.17) is 18.9 Å². The molecule has 1 heterocycles. The summed E-state index contributed by atoms with van der Waals surface area (Å²) in [5, 5.41) is 9.84. The van der Waals surface area contributed by atoms with Gasteiger partial charge in [-0.05, 0) is 73.6 Å². The summed E-state index contributed by atoms with van der Waals surface area (Å²) < 4.78 is 38.6. The highest BCUT2D eigenvalue weighted by Gasteiger charge is 2.43. The Kier molecular flexibility index (Phi) is 6.01. The summed E-state index contributed by atoms with van der Waals surface area (Å²) in [4.78, 5) is 12.0. The number of rotatable bonds is 9. The van der Waals surface area contributed by atoms with E-state index in [2.05, 4.69) is 0 Å². The molecule has 0 amide bonds. The summed E-state index contributed by atoms with van der Waals surface area (Å²) in [6.07, 6.45) is 4.79. The van der Waals surface area contributed by atoms with Crippen molar-refractivity contribution < 1.29 is 33.2 Å². The van der Waals surface area contributed by atoms with E-state index in [1.165, 1.54) is 0 Å². The lowest BCUT2D eigenvalue weighted by Gasteiger charge is -2.33. The molecule has 1 saturated heterocycles. The fourth-order valence-electron chi connectivity index (χ4n) is 4.13. The number of carboxylic acids is 1. The average Bonchev–Trinajstić information content (AvgIpc) is 3.71. The molecule has 2 aliphatic carbocycles. The van der Waals surface area contributed by atoms with Gasteiger partial charge in [0.2, 0.25) is 5.60 Å². The summed E-state index contributed by atoms with van der Waals surface area (Å²) >= 11 is 0. The van der Waals surface area contributed by atoms with E-state index >= 15 is 4.39 Å². The van der Waals surface area contributed by atoms with Crippen molar-refractivity contribution in [1.82, 2.24) is 0 Å². The van der Waals surface area contributed by atoms with Gasteiger partial charge >= 0.3 is 5.97 Å². The van der Waals surface area contributed by atoms with Gasteiger partial charge in [-0.2, -0.15) is 0 Å². The van der Waals surface area contributed by atoms with Gasteiger partial charge in [0.05, 0.1) is 32.0 Å². The molecule has 2 aromatic rings. The van der Waals surface area contributed by atoms with Crippen LogP contribution in [0.2, 0.25) is 0 Å². The number of hydrogen-bond acceptors (Lipinski definition) is 5. The summed E-state index contributed by atoms with van der Waals surface area (Å²) in [5.74, 6) is -0.689. The molecule has 176 valence electrons. The topological polar surface area (TPSA) is 74.2 Å². The first-order chi connectivity index (χ1) is 15.9. The first kappa shape index (κ1) is 22.2. The van der Waals surface area contributed by atoms with Crippen molar-refractivity contribution in [1.29, 1.82) is 0 Å². The van der Waals surface area contributed by atoms with E-state index in [0.717, 1.165) is 36.8 Å². The number of ether oxygens (including phenoxy) is 4. The lowest BCUT2D eigenvalue weighted by molar-refractivity contribution is -0.163. The molecule has 33 heavy (non-hydrogen) atoms. The fraction of sp³-hybridized carbons (Fsp3) is 0.500. The number of hydrogen-bond donors (Lipinski definition) is 1. The van der Waals surface area contributed by atoms with E-state index < -0.39 is 11.6 Å². The number of aliphatic carboxylic acids is 1. The highest BCUT2D eigenvalue weighted by Crippen LogP contribution is 2.39. The van der Waals surface area contributed by atoms with Crippen LogP contribution in [0, 0.1) is 12.7 Å². The Morgan fingerprint density at radius 2 is 1.82 bits per heavy atom. The predicted octanol–water partition coefficient (Wildman–Crippen LogP) is 5.03. The van der Waals surface area contributed by atoms with Gasteiger partial charge in [0.25, 0.3) is 0 Å². The van der Waals surface area contributed by atoms with Gasteiger partial charge in [0.1, 0.15) is 5.75 Å². The van der Waals surface area contributed by atoms with Crippen LogP contribution in [0.25, 0.3) is 11.1 Å². The number of carbonyl (C=O) groups is 1. The summed E-state index contributed by atoms with van der Waals surface area (Å²) in [6, 6.07) is 8.81. The Balaban J connectivity index is 1.49. The first-order valence-electron chi connectivity index (χ1n) is 11.7. The molecule has 0 unspecified atom stereocenters. The van der Waals surface area contributed by atoms with Crippen molar-refractivity contribution >= 4 is 5.97 Å². The Labute approximate surface area is 192 Å². The standard InChI is InChI=1S/C26H29FO6/c1-16-12-22(24(27)23(13-16)32-19-4-5-19)21-7-6-20(14-17(21)15-31-18-2-3-18)33-26(25(28)29)8-10-30-11-9-26/h6-7,12-14,18-19H,2-5,8-11,15H2,1H3,(H,28,29). The Bertz CT molecular complexity index is 1040. The van der Waals surface area contributed by atoms with Gasteiger partial charge in [-0.1, -0.05) is 6.07 Å². The molecule has 2 aromatic carbocycles. The van der Waals surface area contributed by atoms with Crippen LogP contribution < -0.4 is 9.47 Å². The summed E-state index contributed by atoms with van der Waals surface area (Å²) in [6.45, 7) is 2.88. The van der Waals surface area contributed by atoms with Crippen molar-refractivity contribution in [3.8, 4) is 22.6 Å². The molecule has 0 bridgehead atoms. The molecule has 3 fully saturated rings. The van der Waals surface area contributed by atoms with Crippen LogP contribution in [0.4, 0.5) is 4.39 Å². The summed E-state index contributed by atoms with van der Waals surface area (Å²) in [7, 11) is 0. The maximum Gasteiger partial charge on any atom is 0.348 e. The van der Waals surface area contributed by atoms with Crippen LogP contribution in [-0.4, -0.2) is 42.1 Å². The lowest BCUT2D eigenvalue weighted by Crippen LogP contribution is -2.49. The zero-order valence-corrected chi connectivity index (χ0v) is 18.8. The number of carboxylic acid groups (broad SMARTS) is 1. The zero-order chi connectivity index (χ0) is 23.0. The van der Waals surface area contributed by atoms with E-state index in [1.54, 1.807) is 24.3 Å². The minimum Gasteiger partial charge on any atom is -0.487 e. The monoisotopic (exact) mass is 456 g/mol. The normalized spacial score (nSPS) is 19.8. The lowest BCUT2D eigenvalue weighted by atomic mass is 9.93. The molecule has 0 atom stereocenters. The minimum absolute atomic E-state index is 0.0919. The number of aryl methyl sites for hydroxylation is 1. The van der Waals surface area contributed by atoms with Crippen molar-refractivity contribution in [2.75, 3.05) is 13.2 Å². The molecular weight excluding hydrogens is 427 g/mol. The van der Waals surface area contributed by atoms with Gasteiger partial charge in [0.15, 0.2) is 11.6 Å². The van der Waals surface area contributed by atoms with Gasteiger partial charge in [-0.15, -0.1) is 0 Å². The molecule has 0 aromatic heterocycles. The van der Waals surface area contributed by atoms with Crippen molar-refractivity contribution in [3.63, 3.8) is 0 Å². The second-order valence-electron chi connectivity index (χ2n) is 9.29. The van der Waals surface area contributed by atoms with Gasteiger partial charge in [-0.3, -0.25) is 0 Å². The maximum absolute atomic E-state index is 15.5. The molecule has 5 rings (SSSR count). The predicted molar refractivity (Wildman–Crippen MR) is 119 cm³/mol. The number of benzene rings is 2. The molecule has 2 saturated carbocycles. The summed E-state index contributed by atoms with van der Waals surface area (Å²) in [5.41, 5.74) is 1.48. The Hall–Kier alpha value is -2.64. The largest absolute Gasteiger partial charge is 0.487 e. The first-order valence-corrected chi connectivity index (χ1v) is 11.7. The van der Waals surface area contributed by atoms with Crippen molar-refractivity contribution in [3.05, 3.63) is 47.3 Å². The third kappa shape index (κ3) is 4.99. The second-order valence-corrected chi connectivity index (χ2v) is 9.29. The van der Waals surface area contributed by atoms with E-state index in [-0.39, 0.29) is 36.6 Å². The quantitative estimate of drug-likeness (QED) is 0.570. The second kappa shape index (κ2) is 8.95. The highest BCUT2D eigenvalue weighted by molar-refractivity contribution is 5.78. The molecule has 1 N–H and O–H groups in total. The van der Waals surface area contributed by atoms with Gasteiger partial charge < -0.3 is 24.1 Å². The Morgan fingerprint density at radius 1 is 1.09 bits per heavy atom. The van der Waals surface area contributed by atoms with E-state index in [0.29, 0.717) is 36.7 Å². The Morgan fingerprint density at radius 3 is 2.48 bits per heavy atom. The molecule has 7 heteroatoms. The molecule has 3 aliphatic rings. The highest BCUT2D eigenvalue weighted by atomic mass is 19.1. The third-order valence-corrected chi connectivity index (χ3v) is 6.37. The van der Waals surface area contributed by atoms with E-state index in [9.17, 15) is 9.90 Å². The third-order valence-electron chi connectivity index (χ3n) is 6.37. The molecular formula is C26H29FO6. The van der Waals surface area contributed by atoms with E-state index in [1.807, 2.05) is 13.0 Å². The van der Waals surface area contributed by atoms with Crippen LogP contribution in [0.15, 0.2) is 30.3 Å². The van der Waals surface area contributed by atoms with Crippen LogP contribution in [0.5, 0.6) is 11.5 Å². The zero-order valence-electron chi connectivity index (χ0n) is 18.8. The van der Waals surface area contributed by atoms with Crippen LogP contribution >= 0.6 is 0 Å². The average molecular weight is 457 g/mol. The smallest absolute Gasteiger partial charge is 0.348 e. The molecule has 0 radical (unpaired) electrons. The minimum atomic E-state index is -1.33. The molecule has 6 nitrogen and oxygen atoms in total. The fourth-order valence-corrected chi connectivity index (χ4v) is 4.13. The van der Waals surface area contributed by atoms with Gasteiger partial charge in [-0.25, -0.2) is 9.18 Å². The van der Waals surface area contributed by atoms with Crippen LogP contribution in [0.3, 0.4) is 0 Å². The van der Waals surface area contributed by atoms with Gasteiger partial charge in [0, 0.05) is 18.4 Å². The molecule has 1 aliphatic heterocycles. The SMILES string of the molecule is Cc1cc(OC2CC2)c(F)c(-c2ccc(OC3(C(=O)O)CCOCC3)cc2COC2CC2)c1. The van der Waals surface area contributed by atoms with Crippen LogP contribution in [0.1, 0.15) is 49.7 Å². The molecule has 0 spiro atoms. The maximum atomic E-state index is 15.5.